The molecule has 1 atom stereocenters. The van der Waals surface area contributed by atoms with E-state index >= 15 is 0 Å². The molecule has 0 fully saturated rings. The Bertz CT molecular complexity index is 406. The van der Waals surface area contributed by atoms with Gasteiger partial charge in [0.2, 0.25) is 0 Å². The number of benzene rings is 1. The number of alkyl halides is 2. The summed E-state index contributed by atoms with van der Waals surface area (Å²) < 4.78 is 26.0. The van der Waals surface area contributed by atoms with Crippen LogP contribution in [0.3, 0.4) is 0 Å². The predicted octanol–water partition coefficient (Wildman–Crippen LogP) is 3.20. The fourth-order valence-corrected chi connectivity index (χ4v) is 1.91. The molecule has 0 radical (unpaired) electrons. The fraction of sp³-hybridized carbons (Fsp3) is 0.571. The van der Waals surface area contributed by atoms with Gasteiger partial charge in [0.1, 0.15) is 0 Å². The summed E-state index contributed by atoms with van der Waals surface area (Å²) in [6, 6.07) is 4.71. The van der Waals surface area contributed by atoms with Crippen LogP contribution in [0.1, 0.15) is 25.8 Å². The number of anilines is 2. The highest BCUT2D eigenvalue weighted by atomic mass is 19.3. The maximum atomic E-state index is 13.0. The van der Waals surface area contributed by atoms with Crippen LogP contribution in [0.25, 0.3) is 0 Å². The number of nitrogens with zero attached hydrogens (tertiary/aromatic N) is 1. The molecule has 0 aliphatic heterocycles. The van der Waals surface area contributed by atoms with E-state index in [1.807, 2.05) is 19.0 Å². The second-order valence-electron chi connectivity index (χ2n) is 5.40. The molecule has 0 aromatic heterocycles. The van der Waals surface area contributed by atoms with E-state index in [9.17, 15) is 8.78 Å². The van der Waals surface area contributed by atoms with Crippen molar-refractivity contribution < 1.29 is 8.78 Å². The summed E-state index contributed by atoms with van der Waals surface area (Å²) in [7, 11) is 3.93. The Kier molecular flexibility index (Phi) is 5.54. The lowest BCUT2D eigenvalue weighted by Crippen LogP contribution is -2.36. The molecule has 1 rings (SSSR count). The summed E-state index contributed by atoms with van der Waals surface area (Å²) >= 11 is 0. The number of nitrogens with two attached hydrogens (primary N) is 1. The topological polar surface area (TPSA) is 41.3 Å². The molecule has 19 heavy (non-hydrogen) atoms. The minimum absolute atomic E-state index is 0.0376. The monoisotopic (exact) mass is 271 g/mol. The van der Waals surface area contributed by atoms with E-state index in [1.165, 1.54) is 6.07 Å². The lowest BCUT2D eigenvalue weighted by atomic mass is 10.0. The van der Waals surface area contributed by atoms with Crippen LogP contribution in [0.5, 0.6) is 0 Å². The highest BCUT2D eigenvalue weighted by molar-refractivity contribution is 5.59. The molecule has 0 amide bonds. The Labute approximate surface area is 113 Å². The lowest BCUT2D eigenvalue weighted by Gasteiger charge is -2.27. The number of halogens is 2. The molecule has 0 heterocycles. The van der Waals surface area contributed by atoms with E-state index in [4.69, 9.17) is 5.73 Å². The zero-order valence-corrected chi connectivity index (χ0v) is 12.0. The van der Waals surface area contributed by atoms with Crippen molar-refractivity contribution in [1.29, 1.82) is 0 Å². The van der Waals surface area contributed by atoms with Gasteiger partial charge in [-0.05, 0) is 38.2 Å². The second kappa shape index (κ2) is 6.70. The van der Waals surface area contributed by atoms with Crippen LogP contribution in [-0.2, 0) is 0 Å². The Morgan fingerprint density at radius 1 is 1.26 bits per heavy atom. The quantitative estimate of drug-likeness (QED) is 0.781. The fourth-order valence-electron chi connectivity index (χ4n) is 1.91. The first kappa shape index (κ1) is 15.7. The van der Waals surface area contributed by atoms with Gasteiger partial charge in [-0.2, -0.15) is 0 Å². The van der Waals surface area contributed by atoms with Gasteiger partial charge in [-0.1, -0.05) is 13.8 Å². The van der Waals surface area contributed by atoms with Crippen LogP contribution >= 0.6 is 0 Å². The van der Waals surface area contributed by atoms with Crippen LogP contribution in [0.15, 0.2) is 18.2 Å². The summed E-state index contributed by atoms with van der Waals surface area (Å²) in [5.74, 6) is 0.338. The molecule has 108 valence electrons. The zero-order chi connectivity index (χ0) is 14.6. The first-order chi connectivity index (χ1) is 8.81. The Hall–Kier alpha value is -1.36. The van der Waals surface area contributed by atoms with Gasteiger partial charge in [-0.25, -0.2) is 8.78 Å². The van der Waals surface area contributed by atoms with Crippen molar-refractivity contribution in [3.63, 3.8) is 0 Å². The van der Waals surface area contributed by atoms with E-state index in [0.717, 1.165) is 6.54 Å². The number of nitrogens with one attached hydrogen (secondary N) is 1. The number of nitrogen functional groups attached to an aromatic ring is 1. The second-order valence-corrected chi connectivity index (χ2v) is 5.40. The van der Waals surface area contributed by atoms with Gasteiger partial charge < -0.3 is 16.0 Å². The van der Waals surface area contributed by atoms with Crippen LogP contribution in [0.2, 0.25) is 0 Å². The number of hydrogen-bond acceptors (Lipinski definition) is 3. The average Bonchev–Trinajstić information content (AvgIpc) is 2.29. The highest BCUT2D eigenvalue weighted by Crippen LogP contribution is 2.30. The Morgan fingerprint density at radius 2 is 1.89 bits per heavy atom. The standard InChI is InChI=1S/C14H23F2N3/c1-9(2)13(8-19(3)4)18-12-6-5-10(17)7-11(12)14(15)16/h5-7,9,13-14,18H,8,17H2,1-4H3. The van der Waals surface area contributed by atoms with Gasteiger partial charge in [0.15, 0.2) is 0 Å². The van der Waals surface area contributed by atoms with Crippen molar-refractivity contribution >= 4 is 11.4 Å². The molecule has 0 spiro atoms. The largest absolute Gasteiger partial charge is 0.399 e. The average molecular weight is 271 g/mol. The molecule has 5 heteroatoms. The van der Waals surface area contributed by atoms with Gasteiger partial charge in [-0.3, -0.25) is 0 Å². The molecule has 3 N–H and O–H groups in total. The van der Waals surface area contributed by atoms with E-state index in [-0.39, 0.29) is 11.6 Å². The molecule has 0 aliphatic carbocycles. The van der Waals surface area contributed by atoms with E-state index in [0.29, 0.717) is 17.3 Å². The third-order valence-corrected chi connectivity index (χ3v) is 3.02. The highest BCUT2D eigenvalue weighted by Gasteiger charge is 2.19. The summed E-state index contributed by atoms with van der Waals surface area (Å²) in [6.07, 6.45) is -2.53. The number of likely N-dealkylation sites (N-methyl/N-ethyl adjacent to an activating group) is 1. The third-order valence-electron chi connectivity index (χ3n) is 3.02. The van der Waals surface area contributed by atoms with Crippen molar-refractivity contribution in [2.75, 3.05) is 31.7 Å². The van der Waals surface area contributed by atoms with Crippen molar-refractivity contribution in [1.82, 2.24) is 4.90 Å². The van der Waals surface area contributed by atoms with Crippen molar-refractivity contribution in [3.8, 4) is 0 Å². The van der Waals surface area contributed by atoms with Crippen LogP contribution in [0.4, 0.5) is 20.2 Å². The molecule has 1 aromatic rings. The smallest absolute Gasteiger partial charge is 0.265 e. The summed E-state index contributed by atoms with van der Waals surface area (Å²) in [5.41, 5.74) is 6.35. The first-order valence-electron chi connectivity index (χ1n) is 6.40. The maximum absolute atomic E-state index is 13.0. The predicted molar refractivity (Wildman–Crippen MR) is 76.6 cm³/mol. The van der Waals surface area contributed by atoms with Crippen molar-refractivity contribution in [2.45, 2.75) is 26.3 Å². The molecule has 3 nitrogen and oxygen atoms in total. The first-order valence-corrected chi connectivity index (χ1v) is 6.40. The van der Waals surface area contributed by atoms with Crippen LogP contribution < -0.4 is 11.1 Å². The zero-order valence-electron chi connectivity index (χ0n) is 12.0. The number of hydrogen-bond donors (Lipinski definition) is 2. The van der Waals surface area contributed by atoms with Gasteiger partial charge >= 0.3 is 0 Å². The maximum Gasteiger partial charge on any atom is 0.265 e. The van der Waals surface area contributed by atoms with E-state index in [1.54, 1.807) is 12.1 Å². The van der Waals surface area contributed by atoms with Crippen LogP contribution in [-0.4, -0.2) is 31.6 Å². The van der Waals surface area contributed by atoms with E-state index in [2.05, 4.69) is 19.2 Å². The lowest BCUT2D eigenvalue weighted by molar-refractivity contribution is 0.152. The van der Waals surface area contributed by atoms with Gasteiger partial charge in [-0.15, -0.1) is 0 Å². The third kappa shape index (κ3) is 4.67. The van der Waals surface area contributed by atoms with Crippen molar-refractivity contribution in [2.24, 2.45) is 5.92 Å². The van der Waals surface area contributed by atoms with Crippen LogP contribution in [0, 0.1) is 5.92 Å². The minimum Gasteiger partial charge on any atom is -0.399 e. The summed E-state index contributed by atoms with van der Waals surface area (Å²) in [4.78, 5) is 2.04. The Morgan fingerprint density at radius 3 is 2.37 bits per heavy atom. The van der Waals surface area contributed by atoms with Gasteiger partial charge in [0, 0.05) is 29.5 Å². The summed E-state index contributed by atoms with van der Waals surface area (Å²) in [6.45, 7) is 4.92. The molecule has 0 saturated heterocycles. The van der Waals surface area contributed by atoms with Gasteiger partial charge in [0.05, 0.1) is 0 Å². The molecule has 0 bridgehead atoms. The molecule has 0 aliphatic rings. The molecular weight excluding hydrogens is 248 g/mol. The molecule has 1 aromatic carbocycles. The van der Waals surface area contributed by atoms with E-state index < -0.39 is 6.43 Å². The van der Waals surface area contributed by atoms with Crippen molar-refractivity contribution in [3.05, 3.63) is 23.8 Å². The molecule has 1 unspecified atom stereocenters. The molecular formula is C14H23F2N3. The normalized spacial score (nSPS) is 13.3. The minimum atomic E-state index is -2.53. The Balaban J connectivity index is 2.95. The summed E-state index contributed by atoms with van der Waals surface area (Å²) in [5, 5.41) is 3.21. The number of rotatable bonds is 6. The molecule has 0 saturated carbocycles. The SMILES string of the molecule is CC(C)C(CN(C)C)Nc1ccc(N)cc1C(F)F. The van der Waals surface area contributed by atoms with Gasteiger partial charge in [0.25, 0.3) is 6.43 Å².